The molecule has 0 aliphatic carbocycles. The van der Waals surface area contributed by atoms with Crippen LogP contribution in [-0.2, 0) is 4.79 Å². The number of amidine groups is 1. The Kier molecular flexibility index (Phi) is 5.29. The summed E-state index contributed by atoms with van der Waals surface area (Å²) >= 11 is 0. The molecule has 19 heavy (non-hydrogen) atoms. The highest BCUT2D eigenvalue weighted by Crippen LogP contribution is 2.20. The third kappa shape index (κ3) is 3.43. The second-order valence-electron chi connectivity index (χ2n) is 4.21. The minimum absolute atomic E-state index is 0.157. The Labute approximate surface area is 111 Å². The highest BCUT2D eigenvalue weighted by atomic mass is 19.1. The molecule has 0 aromatic heterocycles. The van der Waals surface area contributed by atoms with Gasteiger partial charge in [-0.1, -0.05) is 30.6 Å². The predicted octanol–water partition coefficient (Wildman–Crippen LogP) is 1.95. The van der Waals surface area contributed by atoms with Crippen LogP contribution in [0, 0.1) is 11.7 Å². The van der Waals surface area contributed by atoms with Crippen LogP contribution < -0.4 is 10.6 Å². The smallest absolute Gasteiger partial charge is 0.237 e. The molecule has 1 aromatic rings. The van der Waals surface area contributed by atoms with Gasteiger partial charge < -0.3 is 15.8 Å². The summed E-state index contributed by atoms with van der Waals surface area (Å²) in [5.74, 6) is -1.80. The summed E-state index contributed by atoms with van der Waals surface area (Å²) in [5.41, 5.74) is 5.68. The monoisotopic (exact) mass is 267 g/mol. The lowest BCUT2D eigenvalue weighted by molar-refractivity contribution is -0.120. The summed E-state index contributed by atoms with van der Waals surface area (Å²) in [6.45, 7) is 1.88. The third-order valence-corrected chi connectivity index (χ3v) is 2.89. The van der Waals surface area contributed by atoms with Crippen molar-refractivity contribution in [1.82, 2.24) is 0 Å². The van der Waals surface area contributed by atoms with E-state index in [-0.39, 0.29) is 11.5 Å². The molecule has 5 nitrogen and oxygen atoms in total. The van der Waals surface area contributed by atoms with Crippen molar-refractivity contribution in [3.63, 3.8) is 0 Å². The van der Waals surface area contributed by atoms with Gasteiger partial charge >= 0.3 is 0 Å². The van der Waals surface area contributed by atoms with E-state index in [9.17, 15) is 9.18 Å². The van der Waals surface area contributed by atoms with Crippen molar-refractivity contribution in [2.75, 3.05) is 11.9 Å². The maximum atomic E-state index is 13.6. The molecule has 0 fully saturated rings. The van der Waals surface area contributed by atoms with Crippen LogP contribution in [0.1, 0.15) is 19.8 Å². The number of benzene rings is 1. The fraction of sp³-hybridized carbons (Fsp3) is 0.385. The van der Waals surface area contributed by atoms with E-state index < -0.39 is 17.6 Å². The van der Waals surface area contributed by atoms with Crippen LogP contribution >= 0.6 is 0 Å². The minimum Gasteiger partial charge on any atom is -0.409 e. The number of nitrogens with two attached hydrogens (primary N) is 1. The van der Waals surface area contributed by atoms with Crippen molar-refractivity contribution in [3.05, 3.63) is 30.1 Å². The number of oxime groups is 1. The number of carbonyl (C=O) groups is 1. The average molecular weight is 267 g/mol. The normalized spacial score (nSPS) is 13.1. The Bertz CT molecular complexity index is 477. The number of nitrogens with zero attached hydrogens (tertiary/aromatic N) is 2. The second kappa shape index (κ2) is 6.72. The first-order chi connectivity index (χ1) is 9.02. The molecule has 1 rings (SSSR count). The van der Waals surface area contributed by atoms with Gasteiger partial charge in [0.2, 0.25) is 5.91 Å². The molecular weight excluding hydrogens is 249 g/mol. The molecule has 0 heterocycles. The largest absolute Gasteiger partial charge is 0.409 e. The molecule has 0 bridgehead atoms. The lowest BCUT2D eigenvalue weighted by Crippen LogP contribution is -2.40. The number of rotatable bonds is 5. The molecule has 1 atom stereocenters. The van der Waals surface area contributed by atoms with Gasteiger partial charge in [-0.2, -0.15) is 0 Å². The number of halogens is 1. The fourth-order valence-electron chi connectivity index (χ4n) is 1.83. The van der Waals surface area contributed by atoms with Gasteiger partial charge in [-0.15, -0.1) is 0 Å². The van der Waals surface area contributed by atoms with Gasteiger partial charge in [-0.25, -0.2) is 4.39 Å². The fourth-order valence-corrected chi connectivity index (χ4v) is 1.83. The predicted molar refractivity (Wildman–Crippen MR) is 71.6 cm³/mol. The number of carbonyl (C=O) groups excluding carboxylic acids is 1. The molecular formula is C13H18FN3O2. The molecule has 0 spiro atoms. The molecule has 0 radical (unpaired) electrons. The number of hydrogen-bond acceptors (Lipinski definition) is 3. The van der Waals surface area contributed by atoms with E-state index in [0.717, 1.165) is 0 Å². The highest BCUT2D eigenvalue weighted by Gasteiger charge is 2.27. The number of amides is 1. The second-order valence-corrected chi connectivity index (χ2v) is 4.21. The first-order valence-electron chi connectivity index (χ1n) is 6.02. The van der Waals surface area contributed by atoms with Crippen LogP contribution in [0.5, 0.6) is 0 Å². The van der Waals surface area contributed by atoms with Gasteiger partial charge in [0.25, 0.3) is 0 Å². The van der Waals surface area contributed by atoms with E-state index >= 15 is 0 Å². The van der Waals surface area contributed by atoms with E-state index in [2.05, 4.69) is 5.16 Å². The van der Waals surface area contributed by atoms with E-state index in [1.54, 1.807) is 12.1 Å². The molecule has 1 aromatic carbocycles. The highest BCUT2D eigenvalue weighted by molar-refractivity contribution is 6.08. The first kappa shape index (κ1) is 14.9. The quantitative estimate of drug-likeness (QED) is 0.370. The van der Waals surface area contributed by atoms with E-state index in [1.165, 1.54) is 24.1 Å². The Hall–Kier alpha value is -2.11. The number of anilines is 1. The van der Waals surface area contributed by atoms with Crippen molar-refractivity contribution >= 4 is 17.4 Å². The zero-order valence-corrected chi connectivity index (χ0v) is 11.0. The minimum atomic E-state index is -0.750. The zero-order chi connectivity index (χ0) is 14.4. The van der Waals surface area contributed by atoms with Crippen molar-refractivity contribution in [2.45, 2.75) is 19.8 Å². The van der Waals surface area contributed by atoms with Gasteiger partial charge in [0.1, 0.15) is 5.82 Å². The van der Waals surface area contributed by atoms with Gasteiger partial charge in [-0.3, -0.25) is 4.79 Å². The van der Waals surface area contributed by atoms with Crippen LogP contribution in [-0.4, -0.2) is 24.0 Å². The summed E-state index contributed by atoms with van der Waals surface area (Å²) in [7, 11) is 1.47. The van der Waals surface area contributed by atoms with Gasteiger partial charge in [0, 0.05) is 7.05 Å². The molecule has 0 saturated carbocycles. The standard InChI is InChI=1S/C13H18FN3O2/c1-3-6-9(12(15)16-19)13(18)17(2)11-8-5-4-7-10(11)14/h4-5,7-9,19H,3,6H2,1-2H3,(H2,15,16). The molecule has 0 aliphatic heterocycles. The Morgan fingerprint density at radius 2 is 2.16 bits per heavy atom. The Morgan fingerprint density at radius 3 is 2.68 bits per heavy atom. The summed E-state index contributed by atoms with van der Waals surface area (Å²) in [6.07, 6.45) is 1.13. The summed E-state index contributed by atoms with van der Waals surface area (Å²) in [5, 5.41) is 11.6. The van der Waals surface area contributed by atoms with Crippen LogP contribution in [0.4, 0.5) is 10.1 Å². The zero-order valence-electron chi connectivity index (χ0n) is 11.0. The van der Waals surface area contributed by atoms with Gasteiger partial charge in [0.15, 0.2) is 5.84 Å². The summed E-state index contributed by atoms with van der Waals surface area (Å²) in [6, 6.07) is 5.96. The Morgan fingerprint density at radius 1 is 1.53 bits per heavy atom. The van der Waals surface area contributed by atoms with Gasteiger partial charge in [0.05, 0.1) is 11.6 Å². The molecule has 104 valence electrons. The topological polar surface area (TPSA) is 78.9 Å². The number of hydrogen-bond donors (Lipinski definition) is 2. The van der Waals surface area contributed by atoms with Gasteiger partial charge in [-0.05, 0) is 18.6 Å². The molecule has 0 saturated heterocycles. The Balaban J connectivity index is 3.00. The first-order valence-corrected chi connectivity index (χ1v) is 6.02. The van der Waals surface area contributed by atoms with Crippen LogP contribution in [0.2, 0.25) is 0 Å². The van der Waals surface area contributed by atoms with Crippen LogP contribution in [0.25, 0.3) is 0 Å². The summed E-state index contributed by atoms with van der Waals surface area (Å²) < 4.78 is 13.6. The van der Waals surface area contributed by atoms with Crippen molar-refractivity contribution in [3.8, 4) is 0 Å². The molecule has 1 unspecified atom stereocenters. The van der Waals surface area contributed by atoms with Crippen LogP contribution in [0.3, 0.4) is 0 Å². The van der Waals surface area contributed by atoms with E-state index in [4.69, 9.17) is 10.9 Å². The van der Waals surface area contributed by atoms with E-state index in [1.807, 2.05) is 6.92 Å². The molecule has 0 aliphatic rings. The lowest BCUT2D eigenvalue weighted by atomic mass is 10.0. The maximum absolute atomic E-state index is 13.6. The van der Waals surface area contributed by atoms with Crippen LogP contribution in [0.15, 0.2) is 29.4 Å². The van der Waals surface area contributed by atoms with Crippen molar-refractivity contribution in [1.29, 1.82) is 0 Å². The average Bonchev–Trinajstić information content (AvgIpc) is 2.43. The molecule has 1 amide bonds. The third-order valence-electron chi connectivity index (χ3n) is 2.89. The number of para-hydroxylation sites is 1. The lowest BCUT2D eigenvalue weighted by Gasteiger charge is -2.23. The molecule has 3 N–H and O–H groups in total. The SMILES string of the molecule is CCCC(C(=O)N(C)c1ccccc1F)C(N)=NO. The van der Waals surface area contributed by atoms with E-state index in [0.29, 0.717) is 12.8 Å². The summed E-state index contributed by atoms with van der Waals surface area (Å²) in [4.78, 5) is 13.5. The maximum Gasteiger partial charge on any atom is 0.237 e. The van der Waals surface area contributed by atoms with Crippen molar-refractivity contribution < 1.29 is 14.4 Å². The van der Waals surface area contributed by atoms with Crippen molar-refractivity contribution in [2.24, 2.45) is 16.8 Å². The molecule has 6 heteroatoms.